The summed E-state index contributed by atoms with van der Waals surface area (Å²) in [7, 11) is -1.92. The summed E-state index contributed by atoms with van der Waals surface area (Å²) in [5.74, 6) is 0. The summed E-state index contributed by atoms with van der Waals surface area (Å²) in [6, 6.07) is 0.882. The van der Waals surface area contributed by atoms with E-state index in [-0.39, 0.29) is 12.5 Å². The predicted molar refractivity (Wildman–Crippen MR) is 57.8 cm³/mol. The van der Waals surface area contributed by atoms with Crippen molar-refractivity contribution < 1.29 is 19.1 Å². The van der Waals surface area contributed by atoms with E-state index in [0.717, 1.165) is 12.5 Å². The van der Waals surface area contributed by atoms with Gasteiger partial charge >= 0.3 is 12.2 Å². The fourth-order valence-corrected chi connectivity index (χ4v) is 3.84. The Bertz CT molecular complexity index is 217. The molecule has 0 spiro atoms. The zero-order valence-corrected chi connectivity index (χ0v) is 10.1. The molecule has 0 unspecified atom stereocenters. The first kappa shape index (κ1) is 13.8. The van der Waals surface area contributed by atoms with Gasteiger partial charge in [-0.25, -0.2) is 9.59 Å². The average Bonchev–Trinajstić information content (AvgIpc) is 2.13. The number of hydrogen-bond donors (Lipinski definition) is 2. The van der Waals surface area contributed by atoms with Crippen molar-refractivity contribution in [1.29, 1.82) is 0 Å². The molecule has 0 saturated heterocycles. The number of hydrogen-bond acceptors (Lipinski definition) is 4. The largest absolute Gasteiger partial charge is 0.453 e. The molecule has 0 aliphatic rings. The smallest absolute Gasteiger partial charge is 0.404 e. The predicted octanol–water partition coefficient (Wildman–Crippen LogP) is 0.744. The van der Waals surface area contributed by atoms with E-state index in [2.05, 4.69) is 0 Å². The van der Waals surface area contributed by atoms with E-state index < -0.39 is 20.3 Å². The van der Waals surface area contributed by atoms with Crippen molar-refractivity contribution in [3.05, 3.63) is 0 Å². The molecule has 0 bridgehead atoms. The summed E-state index contributed by atoms with van der Waals surface area (Å²) in [4.78, 5) is 21.0. The lowest BCUT2D eigenvalue weighted by Crippen LogP contribution is -2.44. The highest BCUT2D eigenvalue weighted by Crippen LogP contribution is 2.13. The average molecular weight is 234 g/mol. The van der Waals surface area contributed by atoms with Gasteiger partial charge in [-0.1, -0.05) is 25.9 Å². The van der Waals surface area contributed by atoms with E-state index >= 15 is 0 Å². The number of primary amides is 2. The summed E-state index contributed by atoms with van der Waals surface area (Å²) in [6.45, 7) is 3.99. The maximum atomic E-state index is 10.5. The molecule has 15 heavy (non-hydrogen) atoms. The monoisotopic (exact) mass is 234 g/mol. The van der Waals surface area contributed by atoms with Crippen LogP contribution < -0.4 is 11.5 Å². The third kappa shape index (κ3) is 6.78. The molecule has 0 aromatic carbocycles. The zero-order chi connectivity index (χ0) is 11.9. The first-order valence-corrected chi connectivity index (χ1v) is 7.86. The van der Waals surface area contributed by atoms with Crippen LogP contribution >= 0.6 is 0 Å². The van der Waals surface area contributed by atoms with Gasteiger partial charge in [-0.3, -0.25) is 0 Å². The first-order valence-electron chi connectivity index (χ1n) is 4.74. The van der Waals surface area contributed by atoms with Crippen LogP contribution in [0.4, 0.5) is 9.59 Å². The number of ether oxygens (including phenoxy) is 2. The summed E-state index contributed by atoms with van der Waals surface area (Å²) in [5, 5.41) is 0. The quantitative estimate of drug-likeness (QED) is 0.661. The molecule has 0 heterocycles. The van der Waals surface area contributed by atoms with Crippen molar-refractivity contribution in [2.24, 2.45) is 11.5 Å². The van der Waals surface area contributed by atoms with Gasteiger partial charge in [-0.05, 0) is 0 Å². The van der Waals surface area contributed by atoms with Crippen LogP contribution in [0.1, 0.15) is 13.3 Å². The highest BCUT2D eigenvalue weighted by molar-refractivity contribution is 6.78. The lowest BCUT2D eigenvalue weighted by Gasteiger charge is -2.24. The second kappa shape index (κ2) is 6.28. The van der Waals surface area contributed by atoms with Crippen LogP contribution in [0.5, 0.6) is 0 Å². The van der Waals surface area contributed by atoms with Crippen molar-refractivity contribution in [2.45, 2.75) is 25.9 Å². The first-order chi connectivity index (χ1) is 6.89. The van der Waals surface area contributed by atoms with Crippen LogP contribution in [-0.2, 0) is 9.47 Å². The van der Waals surface area contributed by atoms with Gasteiger partial charge in [0.2, 0.25) is 0 Å². The second-order valence-corrected chi connectivity index (χ2v) is 8.47. The van der Waals surface area contributed by atoms with Crippen molar-refractivity contribution >= 4 is 20.3 Å². The Morgan fingerprint density at radius 2 is 1.53 bits per heavy atom. The molecule has 0 radical (unpaired) electrons. The molecule has 0 aliphatic carbocycles. The zero-order valence-electron chi connectivity index (χ0n) is 9.12. The van der Waals surface area contributed by atoms with Gasteiger partial charge in [0.15, 0.2) is 0 Å². The molecule has 0 aliphatic heterocycles. The van der Waals surface area contributed by atoms with Crippen molar-refractivity contribution in [1.82, 2.24) is 0 Å². The fraction of sp³-hybridized carbons (Fsp3) is 0.750. The molecule has 6 nitrogen and oxygen atoms in total. The number of amides is 2. The molecular formula is C8H18N2O4Si. The van der Waals surface area contributed by atoms with Crippen LogP contribution in [0.2, 0.25) is 12.6 Å². The standard InChI is InChI=1S/C8H18N2O4Si/c1-3-4-15(2,5-13-7(9)11)6-14-8(10)12/h3-6H2,1-2H3,(H2,9,11)(H2,10,12). The molecule has 2 amide bonds. The van der Waals surface area contributed by atoms with Crippen molar-refractivity contribution in [3.63, 3.8) is 0 Å². The summed E-state index contributed by atoms with van der Waals surface area (Å²) < 4.78 is 9.52. The number of rotatable bonds is 6. The van der Waals surface area contributed by atoms with Crippen molar-refractivity contribution in [3.8, 4) is 0 Å². The Balaban J connectivity index is 4.17. The van der Waals surface area contributed by atoms with Gasteiger partial charge in [0.1, 0.15) is 8.07 Å². The van der Waals surface area contributed by atoms with E-state index in [0.29, 0.717) is 0 Å². The minimum absolute atomic E-state index is 0.253. The Morgan fingerprint density at radius 3 is 1.80 bits per heavy atom. The van der Waals surface area contributed by atoms with Gasteiger partial charge in [0, 0.05) is 0 Å². The van der Waals surface area contributed by atoms with Crippen LogP contribution in [0, 0.1) is 0 Å². The molecule has 0 atom stereocenters. The van der Waals surface area contributed by atoms with Gasteiger partial charge in [0.25, 0.3) is 0 Å². The minimum atomic E-state index is -1.92. The summed E-state index contributed by atoms with van der Waals surface area (Å²) >= 11 is 0. The molecule has 88 valence electrons. The van der Waals surface area contributed by atoms with Gasteiger partial charge in [0.05, 0.1) is 12.5 Å². The second-order valence-electron chi connectivity index (χ2n) is 3.78. The third-order valence-corrected chi connectivity index (χ3v) is 5.37. The SMILES string of the molecule is CCC[Si](C)(COC(N)=O)COC(N)=O. The van der Waals surface area contributed by atoms with Crippen LogP contribution in [0.15, 0.2) is 0 Å². The highest BCUT2D eigenvalue weighted by atomic mass is 28.3. The minimum Gasteiger partial charge on any atom is -0.453 e. The highest BCUT2D eigenvalue weighted by Gasteiger charge is 2.30. The Kier molecular flexibility index (Phi) is 5.76. The fourth-order valence-electron chi connectivity index (χ4n) is 1.28. The lowest BCUT2D eigenvalue weighted by atomic mass is 10.6. The molecule has 0 aromatic heterocycles. The van der Waals surface area contributed by atoms with E-state index in [4.69, 9.17) is 20.9 Å². The van der Waals surface area contributed by atoms with Crippen molar-refractivity contribution in [2.75, 3.05) is 12.5 Å². The van der Waals surface area contributed by atoms with Crippen LogP contribution in [0.25, 0.3) is 0 Å². The topological polar surface area (TPSA) is 105 Å². The molecular weight excluding hydrogens is 216 g/mol. The molecule has 7 heteroatoms. The Morgan fingerprint density at radius 1 is 1.13 bits per heavy atom. The molecule has 0 aromatic rings. The number of nitrogens with two attached hydrogens (primary N) is 2. The Hall–Kier alpha value is -1.24. The van der Waals surface area contributed by atoms with Gasteiger partial charge < -0.3 is 20.9 Å². The number of carbonyl (C=O) groups is 2. The summed E-state index contributed by atoms with van der Waals surface area (Å²) in [5.41, 5.74) is 9.76. The van der Waals surface area contributed by atoms with Crippen LogP contribution in [-0.4, -0.2) is 32.7 Å². The van der Waals surface area contributed by atoms with Gasteiger partial charge in [-0.15, -0.1) is 0 Å². The van der Waals surface area contributed by atoms with Gasteiger partial charge in [-0.2, -0.15) is 0 Å². The maximum Gasteiger partial charge on any atom is 0.404 e. The van der Waals surface area contributed by atoms with E-state index in [1.165, 1.54) is 0 Å². The van der Waals surface area contributed by atoms with E-state index in [1.54, 1.807) is 0 Å². The maximum absolute atomic E-state index is 10.5. The molecule has 0 rings (SSSR count). The number of carbonyl (C=O) groups excluding carboxylic acids is 2. The van der Waals surface area contributed by atoms with Crippen LogP contribution in [0.3, 0.4) is 0 Å². The normalized spacial score (nSPS) is 10.8. The van der Waals surface area contributed by atoms with E-state index in [9.17, 15) is 9.59 Å². The molecule has 0 fully saturated rings. The molecule has 4 N–H and O–H groups in total. The molecule has 0 saturated carbocycles. The summed E-state index contributed by atoms with van der Waals surface area (Å²) in [6.07, 6.45) is -0.160. The lowest BCUT2D eigenvalue weighted by molar-refractivity contribution is 0.164. The third-order valence-electron chi connectivity index (χ3n) is 1.98. The Labute approximate surface area is 89.9 Å². The van der Waals surface area contributed by atoms with E-state index in [1.807, 2.05) is 13.5 Å².